The lowest BCUT2D eigenvalue weighted by atomic mass is 10.0. The predicted octanol–water partition coefficient (Wildman–Crippen LogP) is 6.78. The highest BCUT2D eigenvalue weighted by atomic mass is 16.5. The van der Waals surface area contributed by atoms with Crippen molar-refractivity contribution in [2.75, 3.05) is 0 Å². The van der Waals surface area contributed by atoms with E-state index in [-0.39, 0.29) is 10.1 Å². The monoisotopic (exact) mass is 564 g/mol. The van der Waals surface area contributed by atoms with Crippen LogP contribution in [0.5, 0.6) is 11.5 Å². The summed E-state index contributed by atoms with van der Waals surface area (Å²) in [5, 5.41) is 7.20. The molecule has 1 unspecified atom stereocenters. The van der Waals surface area contributed by atoms with Gasteiger partial charge in [-0.1, -0.05) is 36.4 Å². The van der Waals surface area contributed by atoms with E-state index in [9.17, 15) is 4.79 Å². The lowest BCUT2D eigenvalue weighted by molar-refractivity contribution is -1.01. The standard InChI is InChI=1S/C37H18N5O2/c43-35-23-9-5-8-21-22-10-6-18-38-36(22)40(31(21)23)32-24(35)15-17-29-34(32)42(38)33-28(44-29)16-14-20-19-7-1-2-11-25(19)39-26-12-3-4-13-27(26)41(42)37(39)30(20)33/h1-18H/q+3. The highest BCUT2D eigenvalue weighted by Crippen LogP contribution is 2.59. The van der Waals surface area contributed by atoms with Crippen LogP contribution in [0.2, 0.25) is 0 Å². The molecule has 1 atom stereocenters. The van der Waals surface area contributed by atoms with Crippen LogP contribution in [-0.2, 0) is 0 Å². The summed E-state index contributed by atoms with van der Waals surface area (Å²) in [5.41, 5.74) is 9.54. The first kappa shape index (κ1) is 20.8. The molecule has 5 aromatic carbocycles. The molecular weight excluding hydrogens is 546 g/mol. The second-order valence-corrected chi connectivity index (χ2v) is 12.3. The minimum atomic E-state index is 0.0543. The topological polar surface area (TPSA) is 42.9 Å². The first-order chi connectivity index (χ1) is 21.8. The number of aromatic nitrogens is 4. The zero-order chi connectivity index (χ0) is 28.2. The van der Waals surface area contributed by atoms with E-state index in [1.807, 2.05) is 24.3 Å². The normalized spacial score (nSPS) is 17.5. The van der Waals surface area contributed by atoms with Crippen LogP contribution in [0.4, 0.5) is 11.4 Å². The number of hydrogen-bond acceptors (Lipinski definition) is 2. The number of ether oxygens (including phenoxy) is 1. The Labute approximate surface area is 246 Å². The largest absolute Gasteiger partial charge is 0.444 e. The summed E-state index contributed by atoms with van der Waals surface area (Å²) in [6, 6.07) is 36.1. The van der Waals surface area contributed by atoms with Gasteiger partial charge >= 0.3 is 17.0 Å². The second kappa shape index (κ2) is 6.17. The molecule has 0 saturated carbocycles. The van der Waals surface area contributed by atoms with E-state index in [0.717, 1.165) is 83.3 Å². The van der Waals surface area contributed by atoms with E-state index in [1.165, 1.54) is 10.8 Å². The number of pyridine rings is 3. The van der Waals surface area contributed by atoms with Crippen molar-refractivity contribution in [2.24, 2.45) is 0 Å². The van der Waals surface area contributed by atoms with Crippen molar-refractivity contribution >= 4 is 88.0 Å². The van der Waals surface area contributed by atoms with Crippen LogP contribution in [0.15, 0.2) is 114 Å². The van der Waals surface area contributed by atoms with Crippen LogP contribution in [0.1, 0.15) is 0 Å². The summed E-state index contributed by atoms with van der Waals surface area (Å²) in [4.78, 5) is 14.3. The average Bonchev–Trinajstić information content (AvgIpc) is 3.71. The third-order valence-electron chi connectivity index (χ3n) is 10.5. The van der Waals surface area contributed by atoms with Gasteiger partial charge in [0, 0.05) is 20.8 Å². The quantitative estimate of drug-likeness (QED) is 0.0882. The predicted molar refractivity (Wildman–Crippen MR) is 170 cm³/mol. The Kier molecular flexibility index (Phi) is 2.91. The van der Waals surface area contributed by atoms with Gasteiger partial charge in [0.15, 0.2) is 28.4 Å². The number of imidazole rings is 1. The Balaban J connectivity index is 1.45. The molecule has 5 aromatic heterocycles. The van der Waals surface area contributed by atoms with E-state index in [0.29, 0.717) is 5.39 Å². The maximum absolute atomic E-state index is 14.3. The molecule has 3 aliphatic heterocycles. The number of fused-ring (bicyclic) bond motifs is 7. The van der Waals surface area contributed by atoms with Gasteiger partial charge in [0.1, 0.15) is 5.52 Å². The molecule has 7 nitrogen and oxygen atoms in total. The smallest absolute Gasteiger partial charge is 0.358 e. The van der Waals surface area contributed by atoms with Crippen molar-refractivity contribution in [3.63, 3.8) is 0 Å². The summed E-state index contributed by atoms with van der Waals surface area (Å²) < 4.78 is 16.7. The average molecular weight is 565 g/mol. The van der Waals surface area contributed by atoms with E-state index in [4.69, 9.17) is 4.74 Å². The summed E-state index contributed by atoms with van der Waals surface area (Å²) in [6.45, 7) is 0. The highest BCUT2D eigenvalue weighted by Gasteiger charge is 2.67. The van der Waals surface area contributed by atoms with E-state index in [2.05, 4.69) is 103 Å². The second-order valence-electron chi connectivity index (χ2n) is 12.3. The van der Waals surface area contributed by atoms with E-state index < -0.39 is 0 Å². The molecule has 1 spiro atoms. The summed E-state index contributed by atoms with van der Waals surface area (Å²) in [6.07, 6.45) is 2.20. The Hall–Kier alpha value is -6.05. The van der Waals surface area contributed by atoms with Crippen LogP contribution in [0, 0.1) is 0 Å². The van der Waals surface area contributed by atoms with Crippen molar-refractivity contribution in [3.8, 4) is 11.5 Å². The van der Waals surface area contributed by atoms with Gasteiger partial charge in [-0.15, -0.1) is 0 Å². The Morgan fingerprint density at radius 1 is 0.568 bits per heavy atom. The number of rotatable bonds is 0. The van der Waals surface area contributed by atoms with Crippen molar-refractivity contribution in [1.29, 1.82) is 0 Å². The fourth-order valence-electron chi connectivity index (χ4n) is 9.13. The van der Waals surface area contributed by atoms with Gasteiger partial charge in [-0.2, -0.15) is 8.80 Å². The molecule has 13 rings (SSSR count). The Morgan fingerprint density at radius 2 is 1.30 bits per heavy atom. The molecule has 7 heteroatoms. The summed E-state index contributed by atoms with van der Waals surface area (Å²) >= 11 is 0. The van der Waals surface area contributed by atoms with Crippen LogP contribution < -0.4 is 24.2 Å². The molecule has 10 aromatic rings. The zero-order valence-electron chi connectivity index (χ0n) is 22.9. The SMILES string of the molecule is O=c1c2ccc3c4c2n2c5c1cccc5c1ccc[n+](c12)[N+]41c2c(ccc4c5ccccc5n5c6ccccc6[n+]1c5c24)O3. The molecule has 0 radical (unpaired) electrons. The maximum Gasteiger partial charge on any atom is 0.358 e. The van der Waals surface area contributed by atoms with Crippen molar-refractivity contribution < 1.29 is 14.1 Å². The van der Waals surface area contributed by atoms with Gasteiger partial charge in [-0.25, -0.2) is 0 Å². The first-order valence-electron chi connectivity index (χ1n) is 14.9. The van der Waals surface area contributed by atoms with Crippen LogP contribution in [0.3, 0.4) is 0 Å². The molecule has 3 aliphatic rings. The van der Waals surface area contributed by atoms with Gasteiger partial charge in [-0.05, 0) is 71.4 Å². The van der Waals surface area contributed by atoms with Crippen LogP contribution in [0.25, 0.3) is 76.6 Å². The lowest BCUT2D eigenvalue weighted by Crippen LogP contribution is -2.83. The molecule has 0 fully saturated rings. The maximum atomic E-state index is 14.3. The Morgan fingerprint density at radius 3 is 2.23 bits per heavy atom. The fraction of sp³-hybridized carbons (Fsp3) is 0. The van der Waals surface area contributed by atoms with Gasteiger partial charge in [0.2, 0.25) is 22.2 Å². The minimum Gasteiger partial charge on any atom is -0.444 e. The molecule has 44 heavy (non-hydrogen) atoms. The molecular formula is C37H18N5O2+3. The van der Waals surface area contributed by atoms with Gasteiger partial charge in [0.25, 0.3) is 5.69 Å². The van der Waals surface area contributed by atoms with Gasteiger partial charge in [-0.3, -0.25) is 4.79 Å². The lowest BCUT2D eigenvalue weighted by Gasteiger charge is -2.33. The third kappa shape index (κ3) is 1.76. The highest BCUT2D eigenvalue weighted by molar-refractivity contribution is 6.22. The minimum absolute atomic E-state index is 0.0543. The van der Waals surface area contributed by atoms with E-state index in [1.54, 1.807) is 0 Å². The number of nitrogens with zero attached hydrogens (tertiary/aromatic N) is 5. The van der Waals surface area contributed by atoms with Crippen LogP contribution in [-0.4, -0.2) is 8.80 Å². The summed E-state index contributed by atoms with van der Waals surface area (Å²) in [5.74, 6) is 1.58. The Bertz CT molecular complexity index is 3170. The molecule has 0 amide bonds. The number of para-hydroxylation sites is 4. The number of hydrogen-bond donors (Lipinski definition) is 0. The van der Waals surface area contributed by atoms with Crippen molar-refractivity contribution in [1.82, 2.24) is 13.5 Å². The molecule has 200 valence electrons. The molecule has 0 aliphatic carbocycles. The fourth-order valence-corrected chi connectivity index (χ4v) is 9.13. The van der Waals surface area contributed by atoms with Gasteiger partial charge in [0.05, 0.1) is 20.9 Å². The van der Waals surface area contributed by atoms with Crippen molar-refractivity contribution in [2.45, 2.75) is 0 Å². The molecule has 0 saturated heterocycles. The number of benzene rings is 5. The molecule has 8 heterocycles. The van der Waals surface area contributed by atoms with E-state index >= 15 is 0 Å². The zero-order valence-corrected chi connectivity index (χ0v) is 22.9. The van der Waals surface area contributed by atoms with Crippen molar-refractivity contribution in [3.05, 3.63) is 120 Å². The van der Waals surface area contributed by atoms with Gasteiger partial charge < -0.3 is 4.74 Å². The molecule has 0 bridgehead atoms. The van der Waals surface area contributed by atoms with Crippen LogP contribution >= 0.6 is 0 Å². The summed E-state index contributed by atoms with van der Waals surface area (Å²) in [7, 11) is 0. The number of quaternary nitrogens is 1. The third-order valence-corrected chi connectivity index (χ3v) is 10.5. The molecule has 0 N–H and O–H groups in total. The first-order valence-corrected chi connectivity index (χ1v) is 14.9.